The van der Waals surface area contributed by atoms with E-state index in [9.17, 15) is 14.9 Å². The van der Waals surface area contributed by atoms with E-state index < -0.39 is 4.92 Å². The number of ether oxygens (including phenoxy) is 1. The quantitative estimate of drug-likeness (QED) is 0.436. The molecule has 0 aliphatic rings. The van der Waals surface area contributed by atoms with Gasteiger partial charge in [0, 0.05) is 17.7 Å². The molecule has 0 atom stereocenters. The topological polar surface area (TPSA) is 93.8 Å². The highest BCUT2D eigenvalue weighted by molar-refractivity contribution is 6.25. The van der Waals surface area contributed by atoms with Crippen molar-refractivity contribution in [1.29, 1.82) is 0 Å². The van der Waals surface area contributed by atoms with Gasteiger partial charge in [-0.05, 0) is 41.5 Å². The molecule has 7 nitrogen and oxygen atoms in total. The molecular weight excluding hydrogens is 358 g/mol. The van der Waals surface area contributed by atoms with Crippen LogP contribution in [0.5, 0.6) is 5.75 Å². The Morgan fingerprint density at radius 1 is 1.19 bits per heavy atom. The smallest absolute Gasteiger partial charge is 0.269 e. The van der Waals surface area contributed by atoms with Crippen LogP contribution in [0, 0.1) is 10.1 Å². The van der Waals surface area contributed by atoms with Gasteiger partial charge in [0.15, 0.2) is 0 Å². The van der Waals surface area contributed by atoms with E-state index in [4.69, 9.17) is 16.3 Å². The van der Waals surface area contributed by atoms with Crippen LogP contribution in [-0.4, -0.2) is 23.7 Å². The monoisotopic (exact) mass is 373 g/mol. The first-order valence-corrected chi connectivity index (χ1v) is 8.05. The van der Waals surface area contributed by atoms with E-state index in [1.165, 1.54) is 23.9 Å². The summed E-state index contributed by atoms with van der Waals surface area (Å²) in [7, 11) is 0. The molecule has 0 aliphatic heterocycles. The predicted octanol–water partition coefficient (Wildman–Crippen LogP) is 3.42. The number of nitro benzene ring substituents is 1. The molecule has 0 aliphatic carbocycles. The van der Waals surface area contributed by atoms with Gasteiger partial charge in [0.2, 0.25) is 5.91 Å². The van der Waals surface area contributed by atoms with E-state index in [0.717, 1.165) is 5.56 Å². The van der Waals surface area contributed by atoms with Crippen molar-refractivity contribution in [2.24, 2.45) is 5.10 Å². The molecule has 0 aromatic heterocycles. The van der Waals surface area contributed by atoms with Crippen LogP contribution in [0.25, 0.3) is 0 Å². The first kappa shape index (κ1) is 19.1. The summed E-state index contributed by atoms with van der Waals surface area (Å²) in [5.41, 5.74) is 5.24. The third kappa shape index (κ3) is 6.37. The number of hydrazone groups is 1. The number of benzene rings is 2. The summed E-state index contributed by atoms with van der Waals surface area (Å²) in [6.45, 7) is 0.385. The zero-order chi connectivity index (χ0) is 18.8. The van der Waals surface area contributed by atoms with Gasteiger partial charge in [-0.3, -0.25) is 14.9 Å². The Kier molecular flexibility index (Phi) is 7.32. The summed E-state index contributed by atoms with van der Waals surface area (Å²) in [6, 6.07) is 13.0. The Labute approximate surface area is 155 Å². The number of carbonyl (C=O) groups is 1. The highest BCUT2D eigenvalue weighted by atomic mass is 35.5. The standard InChI is InChI=1S/C18H16ClN3O4/c19-10-1-11-26-17-8-4-15(5-9-17)13-20-21-18(23)12-14-2-6-16(7-3-14)22(24)25/h1-10,13H,11-12H2,(H,21,23)/b10-1+,20-13-. The third-order valence-electron chi connectivity index (χ3n) is 3.23. The van der Waals surface area contributed by atoms with Crippen LogP contribution in [0.4, 0.5) is 5.69 Å². The Bertz CT molecular complexity index is 802. The second kappa shape index (κ2) is 9.95. The lowest BCUT2D eigenvalue weighted by molar-refractivity contribution is -0.384. The molecule has 2 rings (SSSR count). The zero-order valence-electron chi connectivity index (χ0n) is 13.7. The number of hydrogen-bond acceptors (Lipinski definition) is 5. The number of rotatable bonds is 8. The van der Waals surface area contributed by atoms with Crippen molar-refractivity contribution in [3.8, 4) is 5.75 Å². The normalized spacial score (nSPS) is 11.0. The maximum absolute atomic E-state index is 11.8. The molecule has 1 N–H and O–H groups in total. The first-order chi connectivity index (χ1) is 12.6. The maximum atomic E-state index is 11.8. The van der Waals surface area contributed by atoms with Crippen molar-refractivity contribution in [2.45, 2.75) is 6.42 Å². The zero-order valence-corrected chi connectivity index (χ0v) is 14.4. The average Bonchev–Trinajstić information content (AvgIpc) is 2.63. The van der Waals surface area contributed by atoms with Gasteiger partial charge in [-0.2, -0.15) is 5.10 Å². The van der Waals surface area contributed by atoms with Crippen LogP contribution < -0.4 is 10.2 Å². The van der Waals surface area contributed by atoms with Gasteiger partial charge in [0.05, 0.1) is 17.6 Å². The highest BCUT2D eigenvalue weighted by Crippen LogP contribution is 2.12. The van der Waals surface area contributed by atoms with E-state index in [1.54, 1.807) is 42.5 Å². The van der Waals surface area contributed by atoms with Crippen molar-refractivity contribution >= 4 is 29.4 Å². The minimum Gasteiger partial charge on any atom is -0.490 e. The number of carbonyl (C=O) groups excluding carboxylic acids is 1. The number of nitrogens with zero attached hydrogens (tertiary/aromatic N) is 2. The molecule has 0 saturated heterocycles. The summed E-state index contributed by atoms with van der Waals surface area (Å²) in [5, 5.41) is 14.5. The van der Waals surface area contributed by atoms with Gasteiger partial charge in [0.1, 0.15) is 12.4 Å². The number of hydrogen-bond donors (Lipinski definition) is 1. The lowest BCUT2D eigenvalue weighted by Gasteiger charge is -2.03. The van der Waals surface area contributed by atoms with Crippen molar-refractivity contribution in [3.63, 3.8) is 0 Å². The molecule has 0 heterocycles. The Morgan fingerprint density at radius 3 is 2.50 bits per heavy atom. The lowest BCUT2D eigenvalue weighted by atomic mass is 10.1. The molecular formula is C18H16ClN3O4. The van der Waals surface area contributed by atoms with Gasteiger partial charge in [0.25, 0.3) is 5.69 Å². The van der Waals surface area contributed by atoms with E-state index in [-0.39, 0.29) is 18.0 Å². The molecule has 8 heteroatoms. The molecule has 0 saturated carbocycles. The van der Waals surface area contributed by atoms with Crippen LogP contribution in [0.1, 0.15) is 11.1 Å². The van der Waals surface area contributed by atoms with Crippen molar-refractivity contribution < 1.29 is 14.5 Å². The van der Waals surface area contributed by atoms with Crippen molar-refractivity contribution in [2.75, 3.05) is 6.61 Å². The minimum absolute atomic E-state index is 0.0155. The van der Waals surface area contributed by atoms with Crippen LogP contribution in [0.15, 0.2) is 65.2 Å². The van der Waals surface area contributed by atoms with Crippen molar-refractivity contribution in [1.82, 2.24) is 5.43 Å². The second-order valence-electron chi connectivity index (χ2n) is 5.14. The minimum atomic E-state index is -0.487. The fourth-order valence-electron chi connectivity index (χ4n) is 1.97. The van der Waals surface area contributed by atoms with E-state index in [1.807, 2.05) is 0 Å². The van der Waals surface area contributed by atoms with Crippen LogP contribution in [0.2, 0.25) is 0 Å². The van der Waals surface area contributed by atoms with Crippen LogP contribution >= 0.6 is 11.6 Å². The molecule has 134 valence electrons. The van der Waals surface area contributed by atoms with Crippen molar-refractivity contribution in [3.05, 3.63) is 81.4 Å². The molecule has 2 aromatic rings. The van der Waals surface area contributed by atoms with E-state index >= 15 is 0 Å². The first-order valence-electron chi connectivity index (χ1n) is 7.62. The van der Waals surface area contributed by atoms with Crippen LogP contribution in [0.3, 0.4) is 0 Å². The third-order valence-corrected chi connectivity index (χ3v) is 3.41. The van der Waals surface area contributed by atoms with Gasteiger partial charge in [-0.25, -0.2) is 5.43 Å². The van der Waals surface area contributed by atoms with Crippen LogP contribution in [-0.2, 0) is 11.2 Å². The number of halogens is 1. The molecule has 1 amide bonds. The van der Waals surface area contributed by atoms with E-state index in [0.29, 0.717) is 17.9 Å². The molecule has 0 spiro atoms. The fourth-order valence-corrected chi connectivity index (χ4v) is 2.04. The summed E-state index contributed by atoms with van der Waals surface area (Å²) in [6.07, 6.45) is 3.27. The molecule has 0 fully saturated rings. The molecule has 2 aromatic carbocycles. The van der Waals surface area contributed by atoms with Gasteiger partial charge in [-0.1, -0.05) is 23.7 Å². The number of non-ortho nitro benzene ring substituents is 1. The summed E-state index contributed by atoms with van der Waals surface area (Å²) in [5.74, 6) is 0.377. The van der Waals surface area contributed by atoms with Gasteiger partial charge < -0.3 is 4.74 Å². The van der Waals surface area contributed by atoms with E-state index in [2.05, 4.69) is 10.5 Å². The second-order valence-corrected chi connectivity index (χ2v) is 5.39. The summed E-state index contributed by atoms with van der Waals surface area (Å²) < 4.78 is 5.41. The molecule has 0 unspecified atom stereocenters. The molecule has 0 bridgehead atoms. The average molecular weight is 374 g/mol. The molecule has 0 radical (unpaired) electrons. The van der Waals surface area contributed by atoms with Gasteiger partial charge in [-0.15, -0.1) is 0 Å². The lowest BCUT2D eigenvalue weighted by Crippen LogP contribution is -2.19. The largest absolute Gasteiger partial charge is 0.490 e. The fraction of sp³-hybridized carbons (Fsp3) is 0.111. The SMILES string of the molecule is O=C(Cc1ccc([N+](=O)[O-])cc1)N/N=C\c1ccc(OC/C=C/Cl)cc1. The number of nitro groups is 1. The predicted molar refractivity (Wildman–Crippen MR) is 99.5 cm³/mol. The van der Waals surface area contributed by atoms with Gasteiger partial charge >= 0.3 is 0 Å². The number of nitrogens with one attached hydrogen (secondary N) is 1. The Balaban J connectivity index is 1.81. The Morgan fingerprint density at radius 2 is 1.88 bits per heavy atom. The maximum Gasteiger partial charge on any atom is 0.269 e. The summed E-state index contributed by atoms with van der Waals surface area (Å²) in [4.78, 5) is 21.9. The molecule has 26 heavy (non-hydrogen) atoms. The Hall–Kier alpha value is -3.19. The number of amides is 1. The highest BCUT2D eigenvalue weighted by Gasteiger charge is 2.06. The summed E-state index contributed by atoms with van der Waals surface area (Å²) >= 11 is 5.41.